The predicted octanol–water partition coefficient (Wildman–Crippen LogP) is 3.36. The molecule has 0 aliphatic heterocycles. The van der Waals surface area contributed by atoms with Crippen molar-refractivity contribution in [1.82, 2.24) is 14.9 Å². The molecule has 0 aliphatic carbocycles. The standard InChI is InChI=1S/C19H26N4O2/c1-4-10-23(11-5-2)19(24)17-13-22-18(14-20-17)21-12-15-6-8-16(25-3)9-7-15/h6-9,13-14H,4-5,10-12H2,1-3H3,(H,21,22). The summed E-state index contributed by atoms with van der Waals surface area (Å²) in [6.07, 6.45) is 5.01. The van der Waals surface area contributed by atoms with Crippen molar-refractivity contribution in [1.29, 1.82) is 0 Å². The van der Waals surface area contributed by atoms with Gasteiger partial charge in [-0.1, -0.05) is 26.0 Å². The molecule has 25 heavy (non-hydrogen) atoms. The van der Waals surface area contributed by atoms with Gasteiger partial charge >= 0.3 is 0 Å². The molecule has 0 saturated heterocycles. The lowest BCUT2D eigenvalue weighted by atomic mass is 10.2. The number of nitrogens with zero attached hydrogens (tertiary/aromatic N) is 3. The molecule has 6 nitrogen and oxygen atoms in total. The molecule has 0 spiro atoms. The second-order valence-electron chi connectivity index (χ2n) is 5.78. The van der Waals surface area contributed by atoms with Crippen LogP contribution in [0.2, 0.25) is 0 Å². The van der Waals surface area contributed by atoms with E-state index in [4.69, 9.17) is 4.74 Å². The molecule has 2 rings (SSSR count). The number of anilines is 1. The molecule has 1 amide bonds. The molecule has 0 fully saturated rings. The quantitative estimate of drug-likeness (QED) is 0.757. The number of benzene rings is 1. The number of carbonyl (C=O) groups is 1. The number of amides is 1. The zero-order valence-electron chi connectivity index (χ0n) is 15.2. The molecular formula is C19H26N4O2. The molecule has 6 heteroatoms. The first kappa shape index (κ1) is 18.7. The SMILES string of the molecule is CCCN(CCC)C(=O)c1cnc(NCc2ccc(OC)cc2)cn1. The minimum Gasteiger partial charge on any atom is -0.497 e. The largest absolute Gasteiger partial charge is 0.497 e. The van der Waals surface area contributed by atoms with Crippen LogP contribution in [0.1, 0.15) is 42.7 Å². The van der Waals surface area contributed by atoms with Crippen LogP contribution in [0.15, 0.2) is 36.7 Å². The number of ether oxygens (including phenoxy) is 1. The highest BCUT2D eigenvalue weighted by molar-refractivity contribution is 5.92. The Morgan fingerprint density at radius 1 is 1.08 bits per heavy atom. The predicted molar refractivity (Wildman–Crippen MR) is 98.8 cm³/mol. The highest BCUT2D eigenvalue weighted by Gasteiger charge is 2.15. The molecule has 1 heterocycles. The minimum absolute atomic E-state index is 0.0575. The summed E-state index contributed by atoms with van der Waals surface area (Å²) in [6, 6.07) is 7.82. The van der Waals surface area contributed by atoms with Gasteiger partial charge in [0.15, 0.2) is 0 Å². The topological polar surface area (TPSA) is 67.4 Å². The highest BCUT2D eigenvalue weighted by Crippen LogP contribution is 2.13. The Morgan fingerprint density at radius 2 is 1.76 bits per heavy atom. The lowest BCUT2D eigenvalue weighted by molar-refractivity contribution is 0.0749. The Kier molecular flexibility index (Phi) is 7.19. The van der Waals surface area contributed by atoms with Crippen LogP contribution in [0, 0.1) is 0 Å². The average molecular weight is 342 g/mol. The molecule has 0 saturated carbocycles. The van der Waals surface area contributed by atoms with Crippen molar-refractivity contribution in [2.75, 3.05) is 25.5 Å². The maximum absolute atomic E-state index is 12.5. The van der Waals surface area contributed by atoms with Gasteiger partial charge in [-0.05, 0) is 30.5 Å². The van der Waals surface area contributed by atoms with Crippen LogP contribution >= 0.6 is 0 Å². The fourth-order valence-corrected chi connectivity index (χ4v) is 2.48. The fourth-order valence-electron chi connectivity index (χ4n) is 2.48. The summed E-state index contributed by atoms with van der Waals surface area (Å²) in [7, 11) is 1.65. The molecule has 0 atom stereocenters. The van der Waals surface area contributed by atoms with Gasteiger partial charge in [-0.25, -0.2) is 9.97 Å². The first-order chi connectivity index (χ1) is 12.2. The Morgan fingerprint density at radius 3 is 2.28 bits per heavy atom. The van der Waals surface area contributed by atoms with Crippen LogP contribution in [-0.2, 0) is 6.54 Å². The van der Waals surface area contributed by atoms with Crippen molar-refractivity contribution in [2.45, 2.75) is 33.2 Å². The summed E-state index contributed by atoms with van der Waals surface area (Å²) in [5.41, 5.74) is 1.50. The van der Waals surface area contributed by atoms with Crippen molar-refractivity contribution < 1.29 is 9.53 Å². The highest BCUT2D eigenvalue weighted by atomic mass is 16.5. The molecular weight excluding hydrogens is 316 g/mol. The third-order valence-electron chi connectivity index (χ3n) is 3.78. The molecule has 1 aromatic heterocycles. The van der Waals surface area contributed by atoms with E-state index in [1.807, 2.05) is 29.2 Å². The summed E-state index contributed by atoms with van der Waals surface area (Å²) >= 11 is 0. The third kappa shape index (κ3) is 5.45. The molecule has 1 N–H and O–H groups in total. The van der Waals surface area contributed by atoms with Crippen LogP contribution in [-0.4, -0.2) is 41.0 Å². The van der Waals surface area contributed by atoms with Gasteiger partial charge in [0.1, 0.15) is 17.3 Å². The lowest BCUT2D eigenvalue weighted by Gasteiger charge is -2.20. The van der Waals surface area contributed by atoms with Gasteiger partial charge in [0.2, 0.25) is 0 Å². The summed E-state index contributed by atoms with van der Waals surface area (Å²) in [4.78, 5) is 22.9. The molecule has 134 valence electrons. The van der Waals surface area contributed by atoms with Crippen molar-refractivity contribution in [2.24, 2.45) is 0 Å². The van der Waals surface area contributed by atoms with Crippen molar-refractivity contribution in [3.63, 3.8) is 0 Å². The second kappa shape index (κ2) is 9.61. The fraction of sp³-hybridized carbons (Fsp3) is 0.421. The van der Waals surface area contributed by atoms with E-state index >= 15 is 0 Å². The first-order valence-corrected chi connectivity index (χ1v) is 8.66. The molecule has 0 aliphatic rings. The number of aromatic nitrogens is 2. The average Bonchev–Trinajstić information content (AvgIpc) is 2.66. The Balaban J connectivity index is 1.95. The van der Waals surface area contributed by atoms with Crippen LogP contribution in [0.3, 0.4) is 0 Å². The van der Waals surface area contributed by atoms with E-state index in [0.717, 1.165) is 37.2 Å². The smallest absolute Gasteiger partial charge is 0.274 e. The van der Waals surface area contributed by atoms with Crippen molar-refractivity contribution in [3.8, 4) is 5.75 Å². The molecule has 0 unspecified atom stereocenters. The van der Waals surface area contributed by atoms with E-state index in [1.165, 1.54) is 6.20 Å². The normalized spacial score (nSPS) is 10.4. The van der Waals surface area contributed by atoms with E-state index in [0.29, 0.717) is 18.1 Å². The molecule has 0 radical (unpaired) electrons. The lowest BCUT2D eigenvalue weighted by Crippen LogP contribution is -2.33. The number of hydrogen-bond acceptors (Lipinski definition) is 5. The first-order valence-electron chi connectivity index (χ1n) is 8.66. The Bertz CT molecular complexity index is 650. The van der Waals surface area contributed by atoms with Gasteiger partial charge in [-0.3, -0.25) is 4.79 Å². The van der Waals surface area contributed by atoms with Gasteiger partial charge in [0, 0.05) is 19.6 Å². The van der Waals surface area contributed by atoms with Gasteiger partial charge in [0.05, 0.1) is 19.5 Å². The summed E-state index contributed by atoms with van der Waals surface area (Å²) in [5, 5.41) is 3.20. The van der Waals surface area contributed by atoms with Crippen LogP contribution < -0.4 is 10.1 Å². The Hall–Kier alpha value is -2.63. The van der Waals surface area contributed by atoms with E-state index in [1.54, 1.807) is 13.3 Å². The van der Waals surface area contributed by atoms with E-state index < -0.39 is 0 Å². The maximum atomic E-state index is 12.5. The van der Waals surface area contributed by atoms with Crippen LogP contribution in [0.5, 0.6) is 5.75 Å². The zero-order valence-corrected chi connectivity index (χ0v) is 15.2. The summed E-state index contributed by atoms with van der Waals surface area (Å²) in [5.74, 6) is 1.41. The van der Waals surface area contributed by atoms with Gasteiger partial charge in [0.25, 0.3) is 5.91 Å². The van der Waals surface area contributed by atoms with Crippen LogP contribution in [0.4, 0.5) is 5.82 Å². The van der Waals surface area contributed by atoms with E-state index in [2.05, 4.69) is 29.1 Å². The molecule has 2 aromatic rings. The Labute approximate surface area is 149 Å². The summed E-state index contributed by atoms with van der Waals surface area (Å²) in [6.45, 7) is 6.24. The van der Waals surface area contributed by atoms with Crippen molar-refractivity contribution in [3.05, 3.63) is 47.9 Å². The second-order valence-corrected chi connectivity index (χ2v) is 5.78. The van der Waals surface area contributed by atoms with E-state index in [9.17, 15) is 4.79 Å². The van der Waals surface area contributed by atoms with Gasteiger partial charge in [-0.2, -0.15) is 0 Å². The van der Waals surface area contributed by atoms with Gasteiger partial charge < -0.3 is 15.0 Å². The van der Waals surface area contributed by atoms with E-state index in [-0.39, 0.29) is 5.91 Å². The molecule has 1 aromatic carbocycles. The number of methoxy groups -OCH3 is 1. The summed E-state index contributed by atoms with van der Waals surface area (Å²) < 4.78 is 5.14. The number of rotatable bonds is 9. The monoisotopic (exact) mass is 342 g/mol. The minimum atomic E-state index is -0.0575. The zero-order chi connectivity index (χ0) is 18.1. The van der Waals surface area contributed by atoms with Crippen molar-refractivity contribution >= 4 is 11.7 Å². The maximum Gasteiger partial charge on any atom is 0.274 e. The van der Waals surface area contributed by atoms with Crippen LogP contribution in [0.25, 0.3) is 0 Å². The number of carbonyl (C=O) groups excluding carboxylic acids is 1. The number of hydrogen-bond donors (Lipinski definition) is 1. The molecule has 0 bridgehead atoms. The number of nitrogens with one attached hydrogen (secondary N) is 1. The van der Waals surface area contributed by atoms with Gasteiger partial charge in [-0.15, -0.1) is 0 Å². The third-order valence-corrected chi connectivity index (χ3v) is 3.78.